The van der Waals surface area contributed by atoms with Crippen LogP contribution in [0, 0.1) is 0 Å². The summed E-state index contributed by atoms with van der Waals surface area (Å²) in [6.07, 6.45) is 0. The van der Waals surface area contributed by atoms with Crippen molar-refractivity contribution >= 4 is 21.8 Å². The van der Waals surface area contributed by atoms with Gasteiger partial charge in [0.15, 0.2) is 5.82 Å². The minimum Gasteiger partial charge on any atom is -0.292 e. The van der Waals surface area contributed by atoms with E-state index >= 15 is 0 Å². The third-order valence-electron chi connectivity index (χ3n) is 10.3. The van der Waals surface area contributed by atoms with E-state index < -0.39 is 0 Å². The standard InChI is InChI=1S/C51H34N4/c1-3-11-35(12-4-1)37-19-26-40(27-20-37)47-34-48(53-50(52-47)44-32-25-36-13-7-8-14-43(36)33-44)41-28-21-38(22-29-41)39-23-30-42(31-24-39)51-54-46-17-9-10-18-49(46)55(51)45-15-5-2-6-16-45/h1-34H. The Kier molecular flexibility index (Phi) is 8.12. The molecule has 4 nitrogen and oxygen atoms in total. The van der Waals surface area contributed by atoms with Crippen LogP contribution in [0.2, 0.25) is 0 Å². The third kappa shape index (κ3) is 6.26. The Hall–Kier alpha value is -7.43. The minimum absolute atomic E-state index is 0.701. The highest BCUT2D eigenvalue weighted by Crippen LogP contribution is 2.33. The van der Waals surface area contributed by atoms with Crippen LogP contribution in [-0.4, -0.2) is 19.5 Å². The summed E-state index contributed by atoms with van der Waals surface area (Å²) in [4.78, 5) is 15.3. The van der Waals surface area contributed by atoms with Crippen LogP contribution >= 0.6 is 0 Å². The Balaban J connectivity index is 0.996. The number of imidazole rings is 1. The molecule has 0 atom stereocenters. The summed E-state index contributed by atoms with van der Waals surface area (Å²) in [5.41, 5.74) is 13.7. The Morgan fingerprint density at radius 1 is 0.309 bits per heavy atom. The number of hydrogen-bond donors (Lipinski definition) is 0. The molecule has 0 unspecified atom stereocenters. The summed E-state index contributed by atoms with van der Waals surface area (Å²) in [5, 5.41) is 2.35. The molecule has 0 saturated carbocycles. The zero-order valence-electron chi connectivity index (χ0n) is 29.9. The van der Waals surface area contributed by atoms with Crippen LogP contribution in [0.25, 0.3) is 95.0 Å². The first-order chi connectivity index (χ1) is 27.2. The predicted octanol–water partition coefficient (Wildman–Crippen LogP) is 13.0. The van der Waals surface area contributed by atoms with Crippen LogP contribution in [0.15, 0.2) is 206 Å². The zero-order valence-corrected chi connectivity index (χ0v) is 29.9. The van der Waals surface area contributed by atoms with Crippen LogP contribution in [0.4, 0.5) is 0 Å². The van der Waals surface area contributed by atoms with E-state index in [2.05, 4.69) is 193 Å². The van der Waals surface area contributed by atoms with Crippen LogP contribution in [-0.2, 0) is 0 Å². The van der Waals surface area contributed by atoms with Gasteiger partial charge in [0.25, 0.3) is 0 Å². The molecule has 0 aliphatic heterocycles. The molecule has 0 amide bonds. The van der Waals surface area contributed by atoms with E-state index in [9.17, 15) is 0 Å². The maximum atomic E-state index is 5.15. The van der Waals surface area contributed by atoms with Crippen molar-refractivity contribution in [1.29, 1.82) is 0 Å². The minimum atomic E-state index is 0.701. The van der Waals surface area contributed by atoms with Crippen LogP contribution in [0.1, 0.15) is 0 Å². The quantitative estimate of drug-likeness (QED) is 0.166. The van der Waals surface area contributed by atoms with Crippen molar-refractivity contribution in [2.75, 3.05) is 0 Å². The molecule has 0 radical (unpaired) electrons. The third-order valence-corrected chi connectivity index (χ3v) is 10.3. The summed E-state index contributed by atoms with van der Waals surface area (Å²) in [7, 11) is 0. The van der Waals surface area contributed by atoms with E-state index in [1.165, 1.54) is 16.5 Å². The smallest absolute Gasteiger partial charge is 0.160 e. The fourth-order valence-corrected chi connectivity index (χ4v) is 7.37. The van der Waals surface area contributed by atoms with E-state index in [0.29, 0.717) is 5.82 Å². The highest BCUT2D eigenvalue weighted by molar-refractivity contribution is 5.87. The molecule has 0 N–H and O–H groups in total. The summed E-state index contributed by atoms with van der Waals surface area (Å²) >= 11 is 0. The highest BCUT2D eigenvalue weighted by atomic mass is 15.1. The van der Waals surface area contributed by atoms with Crippen LogP contribution < -0.4 is 0 Å². The second-order valence-electron chi connectivity index (χ2n) is 13.7. The van der Waals surface area contributed by atoms with Crippen molar-refractivity contribution in [3.63, 3.8) is 0 Å². The van der Waals surface area contributed by atoms with Crippen molar-refractivity contribution in [3.8, 4) is 73.2 Å². The molecule has 0 fully saturated rings. The summed E-state index contributed by atoms with van der Waals surface area (Å²) in [5.74, 6) is 1.62. The maximum absolute atomic E-state index is 5.15. The second kappa shape index (κ2) is 13.8. The molecule has 258 valence electrons. The molecule has 10 aromatic rings. The molecular weight excluding hydrogens is 669 g/mol. The topological polar surface area (TPSA) is 43.6 Å². The maximum Gasteiger partial charge on any atom is 0.160 e. The molecule has 0 aliphatic rings. The van der Waals surface area contributed by atoms with Crippen molar-refractivity contribution < 1.29 is 0 Å². The van der Waals surface area contributed by atoms with Crippen LogP contribution in [0.3, 0.4) is 0 Å². The van der Waals surface area contributed by atoms with Crippen molar-refractivity contribution in [1.82, 2.24) is 19.5 Å². The Morgan fingerprint density at radius 2 is 0.782 bits per heavy atom. The largest absolute Gasteiger partial charge is 0.292 e. The van der Waals surface area contributed by atoms with Crippen molar-refractivity contribution in [3.05, 3.63) is 206 Å². The van der Waals surface area contributed by atoms with Crippen molar-refractivity contribution in [2.45, 2.75) is 0 Å². The summed E-state index contributed by atoms with van der Waals surface area (Å²) in [6, 6.07) is 72.1. The lowest BCUT2D eigenvalue weighted by Crippen LogP contribution is -1.97. The average Bonchev–Trinajstić information content (AvgIpc) is 3.67. The van der Waals surface area contributed by atoms with Gasteiger partial charge in [-0.25, -0.2) is 15.0 Å². The number of benzene rings is 8. The van der Waals surface area contributed by atoms with Gasteiger partial charge in [0.1, 0.15) is 5.82 Å². The van der Waals surface area contributed by atoms with E-state index in [1.807, 2.05) is 18.2 Å². The number of fused-ring (bicyclic) bond motifs is 2. The second-order valence-corrected chi connectivity index (χ2v) is 13.7. The monoisotopic (exact) mass is 702 g/mol. The van der Waals surface area contributed by atoms with Gasteiger partial charge < -0.3 is 0 Å². The fraction of sp³-hybridized carbons (Fsp3) is 0. The lowest BCUT2D eigenvalue weighted by Gasteiger charge is -2.12. The van der Waals surface area contributed by atoms with Gasteiger partial charge in [-0.2, -0.15) is 0 Å². The molecule has 2 aromatic heterocycles. The molecule has 10 rings (SSSR count). The van der Waals surface area contributed by atoms with Gasteiger partial charge in [0, 0.05) is 27.9 Å². The van der Waals surface area contributed by atoms with E-state index in [1.54, 1.807) is 0 Å². The van der Waals surface area contributed by atoms with Gasteiger partial charge in [-0.1, -0.05) is 170 Å². The molecule has 0 spiro atoms. The molecule has 8 aromatic carbocycles. The van der Waals surface area contributed by atoms with E-state index in [-0.39, 0.29) is 0 Å². The lowest BCUT2D eigenvalue weighted by molar-refractivity contribution is 1.10. The molecule has 2 heterocycles. The van der Waals surface area contributed by atoms with E-state index in [0.717, 1.165) is 72.7 Å². The highest BCUT2D eigenvalue weighted by Gasteiger charge is 2.15. The number of nitrogens with zero attached hydrogens (tertiary/aromatic N) is 4. The lowest BCUT2D eigenvalue weighted by atomic mass is 9.99. The van der Waals surface area contributed by atoms with Gasteiger partial charge >= 0.3 is 0 Å². The molecule has 4 heteroatoms. The first kappa shape index (κ1) is 32.2. The van der Waals surface area contributed by atoms with Crippen LogP contribution in [0.5, 0.6) is 0 Å². The summed E-state index contributed by atoms with van der Waals surface area (Å²) in [6.45, 7) is 0. The molecule has 0 bridgehead atoms. The number of para-hydroxylation sites is 3. The van der Waals surface area contributed by atoms with Gasteiger partial charge in [-0.3, -0.25) is 4.57 Å². The Morgan fingerprint density at radius 3 is 1.42 bits per heavy atom. The first-order valence-corrected chi connectivity index (χ1v) is 18.5. The first-order valence-electron chi connectivity index (χ1n) is 18.5. The summed E-state index contributed by atoms with van der Waals surface area (Å²) < 4.78 is 2.24. The van der Waals surface area contributed by atoms with Gasteiger partial charge in [-0.05, 0) is 69.4 Å². The van der Waals surface area contributed by atoms with Gasteiger partial charge in [0.2, 0.25) is 0 Å². The molecule has 0 saturated heterocycles. The SMILES string of the molecule is c1ccc(-c2ccc(-c3cc(-c4ccc(-c5ccc(-c6nc7ccccc7n6-c6ccccc6)cc5)cc4)nc(-c4ccc5ccccc5c4)n3)cc2)cc1. The number of aromatic nitrogens is 4. The molecule has 55 heavy (non-hydrogen) atoms. The van der Waals surface area contributed by atoms with Gasteiger partial charge in [0.05, 0.1) is 22.4 Å². The Labute approximate surface area is 319 Å². The van der Waals surface area contributed by atoms with Crippen molar-refractivity contribution in [2.24, 2.45) is 0 Å². The average molecular weight is 703 g/mol. The van der Waals surface area contributed by atoms with Gasteiger partial charge in [-0.15, -0.1) is 0 Å². The normalized spacial score (nSPS) is 11.3. The van der Waals surface area contributed by atoms with E-state index in [4.69, 9.17) is 15.0 Å². The number of rotatable bonds is 7. The predicted molar refractivity (Wildman–Crippen MR) is 227 cm³/mol. The number of hydrogen-bond acceptors (Lipinski definition) is 3. The Bertz CT molecular complexity index is 2930. The fourth-order valence-electron chi connectivity index (χ4n) is 7.37. The zero-order chi connectivity index (χ0) is 36.6. The molecular formula is C51H34N4. The molecule has 0 aliphatic carbocycles.